The van der Waals surface area contributed by atoms with Gasteiger partial charge in [-0.2, -0.15) is 0 Å². The third-order valence-electron chi connectivity index (χ3n) is 3.34. The normalized spacial score (nSPS) is 14.2. The topological polar surface area (TPSA) is 28.7 Å². The number of hydrogen-bond donors (Lipinski definition) is 1. The van der Waals surface area contributed by atoms with Gasteiger partial charge in [-0.05, 0) is 43.9 Å². The Kier molecular flexibility index (Phi) is 3.50. The van der Waals surface area contributed by atoms with Gasteiger partial charge in [0, 0.05) is 21.3 Å². The third-order valence-corrected chi connectivity index (χ3v) is 4.14. The molecule has 1 aliphatic carbocycles. The van der Waals surface area contributed by atoms with Crippen LogP contribution in [0.4, 0.5) is 4.39 Å². The van der Waals surface area contributed by atoms with Gasteiger partial charge in [0.1, 0.15) is 16.3 Å². The van der Waals surface area contributed by atoms with E-state index in [9.17, 15) is 4.39 Å². The number of nitrogens with one attached hydrogen (secondary N) is 1. The minimum Gasteiger partial charge on any atom is -0.343 e. The first kappa shape index (κ1) is 12.9. The summed E-state index contributed by atoms with van der Waals surface area (Å²) in [5, 5.41) is 0. The van der Waals surface area contributed by atoms with Gasteiger partial charge in [0.25, 0.3) is 0 Å². The van der Waals surface area contributed by atoms with E-state index < -0.39 is 0 Å². The lowest BCUT2D eigenvalue weighted by molar-refractivity contribution is 0.627. The van der Waals surface area contributed by atoms with Gasteiger partial charge in [0.15, 0.2) is 0 Å². The van der Waals surface area contributed by atoms with E-state index in [1.807, 2.05) is 6.07 Å². The van der Waals surface area contributed by atoms with Crippen molar-refractivity contribution in [2.75, 3.05) is 0 Å². The number of hydrogen-bond acceptors (Lipinski definition) is 2. The minimum atomic E-state index is -0.289. The molecule has 0 saturated heterocycles. The first-order valence-electron chi connectivity index (χ1n) is 6.22. The second-order valence-electron chi connectivity index (χ2n) is 4.71. The molecule has 1 heterocycles. The van der Waals surface area contributed by atoms with Gasteiger partial charge in [-0.15, -0.1) is 0 Å². The highest BCUT2D eigenvalue weighted by molar-refractivity contribution is 9.10. The highest BCUT2D eigenvalue weighted by atomic mass is 79.9. The lowest BCUT2D eigenvalue weighted by Crippen LogP contribution is -2.08. The molecule has 19 heavy (non-hydrogen) atoms. The number of halogens is 2. The molecule has 0 bridgehead atoms. The van der Waals surface area contributed by atoms with Crippen LogP contribution in [0.1, 0.15) is 24.1 Å². The molecule has 1 N–H and O–H groups in total. The van der Waals surface area contributed by atoms with Crippen LogP contribution in [0.5, 0.6) is 0 Å². The highest BCUT2D eigenvalue weighted by Crippen LogP contribution is 2.26. The molecule has 0 unspecified atom stereocenters. The monoisotopic (exact) mass is 338 g/mol. The summed E-state index contributed by atoms with van der Waals surface area (Å²) in [6.07, 6.45) is 4.31. The first-order chi connectivity index (χ1) is 9.13. The molecule has 0 aliphatic heterocycles. The van der Waals surface area contributed by atoms with E-state index in [2.05, 4.69) is 25.9 Å². The third kappa shape index (κ3) is 2.62. The molecule has 0 amide bonds. The standard InChI is InChI=1S/C14H12BrFN2S/c15-9-5-8(6-10(16)7-9)13-17-12-4-2-1-3-11(12)14(19)18-13/h5-7H,1-4H2,(H,17,18,19). The van der Waals surface area contributed by atoms with E-state index in [4.69, 9.17) is 12.2 Å². The van der Waals surface area contributed by atoms with Crippen LogP contribution < -0.4 is 0 Å². The number of nitrogens with zero attached hydrogens (tertiary/aromatic N) is 1. The van der Waals surface area contributed by atoms with Gasteiger partial charge in [-0.3, -0.25) is 0 Å². The van der Waals surface area contributed by atoms with Crippen molar-refractivity contribution in [3.05, 3.63) is 44.4 Å². The second kappa shape index (κ2) is 5.13. The number of benzene rings is 1. The van der Waals surface area contributed by atoms with Crippen molar-refractivity contribution in [3.63, 3.8) is 0 Å². The predicted molar refractivity (Wildman–Crippen MR) is 79.2 cm³/mol. The van der Waals surface area contributed by atoms with Crippen molar-refractivity contribution in [1.29, 1.82) is 0 Å². The molecule has 2 aromatic rings. The van der Waals surface area contributed by atoms with Crippen LogP contribution in [0.25, 0.3) is 11.4 Å². The lowest BCUT2D eigenvalue weighted by Gasteiger charge is -2.16. The molecular formula is C14H12BrFN2S. The van der Waals surface area contributed by atoms with Gasteiger partial charge in [0.05, 0.1) is 0 Å². The fourth-order valence-corrected chi connectivity index (χ4v) is 3.23. The molecule has 1 aromatic heterocycles. The molecule has 5 heteroatoms. The van der Waals surface area contributed by atoms with Crippen molar-refractivity contribution in [2.24, 2.45) is 0 Å². The largest absolute Gasteiger partial charge is 0.343 e. The molecule has 0 radical (unpaired) electrons. The Bertz CT molecular complexity index is 676. The number of fused-ring (bicyclic) bond motifs is 1. The molecule has 0 atom stereocenters. The SMILES string of the molecule is Fc1cc(Br)cc(-c2nc(=S)c3c([nH]2)CCCC3)c1. The zero-order chi connectivity index (χ0) is 13.4. The molecule has 1 aliphatic rings. The molecular weight excluding hydrogens is 327 g/mol. The van der Waals surface area contributed by atoms with Gasteiger partial charge < -0.3 is 4.98 Å². The van der Waals surface area contributed by atoms with Crippen LogP contribution >= 0.6 is 28.1 Å². The Morgan fingerprint density at radius 2 is 2.00 bits per heavy atom. The lowest BCUT2D eigenvalue weighted by atomic mass is 9.97. The maximum Gasteiger partial charge on any atom is 0.139 e. The number of aryl methyl sites for hydroxylation is 1. The van der Waals surface area contributed by atoms with Crippen molar-refractivity contribution in [1.82, 2.24) is 9.97 Å². The van der Waals surface area contributed by atoms with Crippen molar-refractivity contribution >= 4 is 28.1 Å². The van der Waals surface area contributed by atoms with Crippen molar-refractivity contribution in [2.45, 2.75) is 25.7 Å². The van der Waals surface area contributed by atoms with E-state index >= 15 is 0 Å². The maximum atomic E-state index is 13.5. The van der Waals surface area contributed by atoms with E-state index in [1.165, 1.54) is 12.1 Å². The Labute approximate surface area is 124 Å². The van der Waals surface area contributed by atoms with Gasteiger partial charge in [0.2, 0.25) is 0 Å². The van der Waals surface area contributed by atoms with Crippen LogP contribution in [0, 0.1) is 10.5 Å². The van der Waals surface area contributed by atoms with E-state index in [1.54, 1.807) is 0 Å². The molecule has 3 rings (SSSR count). The molecule has 1 aromatic carbocycles. The predicted octanol–water partition coefficient (Wildman–Crippen LogP) is 4.59. The van der Waals surface area contributed by atoms with Crippen LogP contribution in [-0.2, 0) is 12.8 Å². The van der Waals surface area contributed by atoms with E-state index in [0.29, 0.717) is 20.5 Å². The average Bonchev–Trinajstić information content (AvgIpc) is 2.37. The van der Waals surface area contributed by atoms with Crippen LogP contribution in [0.2, 0.25) is 0 Å². The van der Waals surface area contributed by atoms with Gasteiger partial charge in [-0.25, -0.2) is 9.37 Å². The average molecular weight is 339 g/mol. The summed E-state index contributed by atoms with van der Waals surface area (Å²) in [5.41, 5.74) is 3.02. The smallest absolute Gasteiger partial charge is 0.139 e. The first-order valence-corrected chi connectivity index (χ1v) is 7.42. The van der Waals surface area contributed by atoms with Crippen LogP contribution in [0.15, 0.2) is 22.7 Å². The minimum absolute atomic E-state index is 0.289. The molecule has 98 valence electrons. The van der Waals surface area contributed by atoms with Crippen molar-refractivity contribution in [3.8, 4) is 11.4 Å². The molecule has 0 spiro atoms. The van der Waals surface area contributed by atoms with E-state index in [0.717, 1.165) is 36.9 Å². The summed E-state index contributed by atoms with van der Waals surface area (Å²) >= 11 is 8.65. The van der Waals surface area contributed by atoms with Crippen molar-refractivity contribution < 1.29 is 4.39 Å². The van der Waals surface area contributed by atoms with Gasteiger partial charge >= 0.3 is 0 Å². The Morgan fingerprint density at radius 3 is 2.79 bits per heavy atom. The Hall–Kier alpha value is -1.07. The molecule has 0 fully saturated rings. The summed E-state index contributed by atoms with van der Waals surface area (Å²) in [6, 6.07) is 4.73. The number of aromatic nitrogens is 2. The number of aromatic amines is 1. The Morgan fingerprint density at radius 1 is 1.21 bits per heavy atom. The van der Waals surface area contributed by atoms with Gasteiger partial charge in [-0.1, -0.05) is 28.1 Å². The quantitative estimate of drug-likeness (QED) is 0.770. The number of rotatable bonds is 1. The summed E-state index contributed by atoms with van der Waals surface area (Å²) in [5.74, 6) is 0.356. The van der Waals surface area contributed by atoms with Crippen LogP contribution in [-0.4, -0.2) is 9.97 Å². The summed E-state index contributed by atoms with van der Waals surface area (Å²) in [4.78, 5) is 7.72. The Balaban J connectivity index is 2.15. The zero-order valence-electron chi connectivity index (χ0n) is 10.2. The summed E-state index contributed by atoms with van der Waals surface area (Å²) in [7, 11) is 0. The fourth-order valence-electron chi connectivity index (χ4n) is 2.45. The zero-order valence-corrected chi connectivity index (χ0v) is 12.6. The number of H-pyrrole nitrogens is 1. The summed E-state index contributed by atoms with van der Waals surface area (Å²) < 4.78 is 14.8. The fraction of sp³-hybridized carbons (Fsp3) is 0.286. The van der Waals surface area contributed by atoms with E-state index in [-0.39, 0.29) is 5.82 Å². The van der Waals surface area contributed by atoms with Crippen LogP contribution in [0.3, 0.4) is 0 Å². The maximum absolute atomic E-state index is 13.5. The summed E-state index contributed by atoms with van der Waals surface area (Å²) in [6.45, 7) is 0. The second-order valence-corrected chi connectivity index (χ2v) is 6.02. The molecule has 2 nitrogen and oxygen atoms in total. The molecule has 0 saturated carbocycles. The highest BCUT2D eigenvalue weighted by Gasteiger charge is 2.14.